The summed E-state index contributed by atoms with van der Waals surface area (Å²) in [5, 5.41) is 9.50. The molecule has 0 aromatic carbocycles. The van der Waals surface area contributed by atoms with E-state index >= 15 is 0 Å². The Kier molecular flexibility index (Phi) is 196. The Bertz CT molecular complexity index is 18.4. The summed E-state index contributed by atoms with van der Waals surface area (Å²) in [6, 6.07) is 0. The molecule has 0 amide bonds. The van der Waals surface area contributed by atoms with Crippen LogP contribution < -0.4 is 5.32 Å². The largest absolute Gasteiger partial charge is 4.00 e. The van der Waals surface area contributed by atoms with Gasteiger partial charge < -0.3 is 23.4 Å². The molecule has 0 fully saturated rings. The number of nitrogens with zero attached hydrogens (tertiary/aromatic N) is 2. The molecule has 0 unspecified atom stereocenters. The summed E-state index contributed by atoms with van der Waals surface area (Å²) in [5.74, 6) is 0. The maximum Gasteiger partial charge on any atom is 4.00 e. The predicted octanol–water partition coefficient (Wildman–Crippen LogP) is 1.68. The van der Waals surface area contributed by atoms with Crippen LogP contribution in [0.1, 0.15) is 0 Å². The number of rotatable bonds is 0. The van der Waals surface area contributed by atoms with Crippen molar-refractivity contribution in [3.63, 3.8) is 0 Å². The van der Waals surface area contributed by atoms with Crippen LogP contribution in [0.4, 0.5) is 0 Å². The maximum atomic E-state index is 3.50. The van der Waals surface area contributed by atoms with Crippen molar-refractivity contribution in [2.24, 2.45) is 0 Å². The third-order valence-electron chi connectivity index (χ3n) is 0. The summed E-state index contributed by atoms with van der Waals surface area (Å²) in [6.45, 7) is 0. The van der Waals surface area contributed by atoms with Crippen molar-refractivity contribution in [2.45, 2.75) is 0 Å². The van der Waals surface area contributed by atoms with Gasteiger partial charge in [0.1, 0.15) is 0 Å². The van der Waals surface area contributed by atoms with E-state index in [2.05, 4.69) is 23.0 Å². The van der Waals surface area contributed by atoms with E-state index in [4.69, 9.17) is 0 Å². The first-order valence-corrected chi connectivity index (χ1v) is 2.64. The second kappa shape index (κ2) is 72.4. The van der Waals surface area contributed by atoms with Crippen molar-refractivity contribution in [1.82, 2.24) is 5.32 Å². The number of hydrogen-bond donors (Lipinski definition) is 1. The van der Waals surface area contributed by atoms with Gasteiger partial charge in [-0.2, -0.15) is 28.2 Å². The summed E-state index contributed by atoms with van der Waals surface area (Å²) in [4.78, 5) is 0. The fraction of sp³-hybridized carbons (Fsp3) is 0.714. The molecule has 0 radical (unpaired) electrons. The minimum Gasteiger partial charge on any atom is -0.668 e. The minimum atomic E-state index is 0. The topological polar surface area (TPSA) is 40.2 Å². The third kappa shape index (κ3) is 1420. The van der Waals surface area contributed by atoms with Gasteiger partial charge in [-0.05, 0) is 7.05 Å². The quantitative estimate of drug-likeness (QED) is 0.641. The van der Waals surface area contributed by atoms with Crippen molar-refractivity contribution in [3.8, 4) is 0 Å². The summed E-state index contributed by atoms with van der Waals surface area (Å²) >= 11 is 0. The minimum absolute atomic E-state index is 0. The van der Waals surface area contributed by atoms with E-state index < -0.39 is 0 Å². The van der Waals surface area contributed by atoms with Gasteiger partial charge in [-0.25, -0.2) is 0 Å². The van der Waals surface area contributed by atoms with Crippen molar-refractivity contribution < 1.29 is 26.2 Å². The van der Waals surface area contributed by atoms with E-state index in [1.165, 1.54) is 0 Å². The molecule has 1 N–H and O–H groups in total. The smallest absolute Gasteiger partial charge is 0.668 e. The molecule has 0 aromatic rings. The Labute approximate surface area is 91.8 Å². The molecule has 0 saturated heterocycles. The average molecular weight is 238 g/mol. The molecule has 0 aliphatic carbocycles. The van der Waals surface area contributed by atoms with E-state index in [0.29, 0.717) is 0 Å². The van der Waals surface area contributed by atoms with Crippen LogP contribution in [-0.4, -0.2) is 35.2 Å². The molecule has 0 spiro atoms. The Morgan fingerprint density at radius 2 is 1.00 bits per heavy atom. The van der Waals surface area contributed by atoms with Crippen molar-refractivity contribution in [2.75, 3.05) is 35.2 Å². The normalized spacial score (nSPS) is 4.91. The number of nitrogens with one attached hydrogen (secondary N) is 1. The second-order valence-electron chi connectivity index (χ2n) is 1.25. The van der Waals surface area contributed by atoms with Crippen LogP contribution in [0.3, 0.4) is 0 Å². The van der Waals surface area contributed by atoms with Gasteiger partial charge in [0, 0.05) is 0 Å². The molecule has 0 atom stereocenters. The zero-order valence-electron chi connectivity index (χ0n) is 8.60. The van der Waals surface area contributed by atoms with Crippen LogP contribution in [-0.2, 0) is 26.2 Å². The van der Waals surface area contributed by atoms with E-state index in [0.717, 1.165) is 0 Å². The van der Waals surface area contributed by atoms with Crippen LogP contribution in [0.2, 0.25) is 0 Å². The van der Waals surface area contributed by atoms with Gasteiger partial charge in [-0.15, -0.1) is 0 Å². The molecule has 11 heavy (non-hydrogen) atoms. The first kappa shape index (κ1) is 29.8. The molecule has 0 saturated carbocycles. The molecule has 0 aliphatic rings. The second-order valence-corrected chi connectivity index (χ2v) is 1.25. The van der Waals surface area contributed by atoms with Crippen molar-refractivity contribution in [3.05, 3.63) is 25.1 Å². The summed E-state index contributed by atoms with van der Waals surface area (Å²) in [6.07, 6.45) is 0. The molecular formula is C7H21N3Zr. The van der Waals surface area contributed by atoms with Gasteiger partial charge in [-0.3, -0.25) is 7.05 Å². The van der Waals surface area contributed by atoms with Crippen LogP contribution in [0.25, 0.3) is 10.6 Å². The zero-order chi connectivity index (χ0) is 8.12. The first-order chi connectivity index (χ1) is 4.24. The van der Waals surface area contributed by atoms with Gasteiger partial charge in [-0.1, -0.05) is 0 Å². The number of hydrogen-bond acceptors (Lipinski definition) is 1. The average Bonchev–Trinajstić information content (AvgIpc) is 1.70. The Balaban J connectivity index is -0.0000000150. The van der Waals surface area contributed by atoms with Gasteiger partial charge in [0.15, 0.2) is 0 Å². The molecule has 0 aliphatic heterocycles. The zero-order valence-corrected chi connectivity index (χ0v) is 11.1. The summed E-state index contributed by atoms with van der Waals surface area (Å²) < 4.78 is 0. The Morgan fingerprint density at radius 1 is 1.00 bits per heavy atom. The van der Waals surface area contributed by atoms with Gasteiger partial charge >= 0.3 is 26.2 Å². The van der Waals surface area contributed by atoms with E-state index in [1.54, 1.807) is 35.2 Å². The van der Waals surface area contributed by atoms with Crippen LogP contribution in [0, 0.1) is 14.5 Å². The Hall–Kier alpha value is 0.763. The van der Waals surface area contributed by atoms with E-state index in [1.807, 2.05) is 0 Å². The first-order valence-electron chi connectivity index (χ1n) is 2.64. The summed E-state index contributed by atoms with van der Waals surface area (Å²) in [5.41, 5.74) is 0. The predicted molar refractivity (Wildman–Crippen MR) is 51.2 cm³/mol. The molecule has 3 nitrogen and oxygen atoms in total. The SMILES string of the molecule is C[N-]C.C[N-]C.[CH2-]NC.[CH3-].[Zr+4]. The van der Waals surface area contributed by atoms with Gasteiger partial charge in [0.2, 0.25) is 0 Å². The monoisotopic (exact) mass is 237 g/mol. The van der Waals surface area contributed by atoms with Crippen molar-refractivity contribution in [1.29, 1.82) is 0 Å². The van der Waals surface area contributed by atoms with Gasteiger partial charge in [0.25, 0.3) is 0 Å². The van der Waals surface area contributed by atoms with E-state index in [9.17, 15) is 0 Å². The standard InChI is InChI=1S/3C2H6N.CH3.Zr/c3*1-3-2;;/h2*1-2H3;3H,1H2,2H3;1H3;/q4*-1;+4. The molecule has 68 valence electrons. The third-order valence-corrected chi connectivity index (χ3v) is 0. The molecule has 0 aromatic heterocycles. The molecule has 4 heteroatoms. The fourth-order valence-electron chi connectivity index (χ4n) is 0. The summed E-state index contributed by atoms with van der Waals surface area (Å²) in [7, 11) is 12.0. The molecule has 0 rings (SSSR count). The van der Waals surface area contributed by atoms with Gasteiger partial charge in [0.05, 0.1) is 0 Å². The fourth-order valence-corrected chi connectivity index (χ4v) is 0. The van der Waals surface area contributed by atoms with Crippen LogP contribution in [0.15, 0.2) is 0 Å². The molecule has 0 bridgehead atoms. The molecule has 0 heterocycles. The van der Waals surface area contributed by atoms with Crippen LogP contribution >= 0.6 is 0 Å². The molecular weight excluding hydrogens is 217 g/mol. The van der Waals surface area contributed by atoms with Crippen molar-refractivity contribution >= 4 is 0 Å². The maximum absolute atomic E-state index is 3.50. The van der Waals surface area contributed by atoms with Crippen LogP contribution in [0.5, 0.6) is 0 Å². The van der Waals surface area contributed by atoms with E-state index in [-0.39, 0.29) is 33.6 Å². The Morgan fingerprint density at radius 3 is 1.00 bits per heavy atom.